The number of hydrogen-bond donors (Lipinski definition) is 1. The van der Waals surface area contributed by atoms with Crippen molar-refractivity contribution in [1.29, 1.82) is 0 Å². The van der Waals surface area contributed by atoms with E-state index in [1.807, 2.05) is 36.4 Å². The molecule has 1 aliphatic rings. The Morgan fingerprint density at radius 3 is 2.58 bits per heavy atom. The standard InChI is InChI=1S/C24H21FN6O2/c25-19-10-8-17(9-11-19)22-27-23(33-30-22)18-7-4-14-31(15-18)24(32)26-21-13-12-20(28-29-21)16-5-2-1-3-6-16/h1-3,5-6,8-13,18H,4,7,14-15H2,(H,26,29,32). The van der Waals surface area contributed by atoms with E-state index < -0.39 is 0 Å². The number of rotatable bonds is 4. The van der Waals surface area contributed by atoms with Gasteiger partial charge in [-0.25, -0.2) is 9.18 Å². The molecule has 4 aromatic rings. The van der Waals surface area contributed by atoms with E-state index in [2.05, 4.69) is 25.7 Å². The van der Waals surface area contributed by atoms with Crippen LogP contribution >= 0.6 is 0 Å². The second-order valence-corrected chi connectivity index (χ2v) is 7.85. The Morgan fingerprint density at radius 2 is 1.82 bits per heavy atom. The number of hydrogen-bond acceptors (Lipinski definition) is 6. The second kappa shape index (κ2) is 9.15. The highest BCUT2D eigenvalue weighted by atomic mass is 19.1. The summed E-state index contributed by atoms with van der Waals surface area (Å²) >= 11 is 0. The van der Waals surface area contributed by atoms with Gasteiger partial charge in [-0.15, -0.1) is 10.2 Å². The Hall–Kier alpha value is -4.14. The minimum atomic E-state index is -0.323. The van der Waals surface area contributed by atoms with Crippen LogP contribution in [0.3, 0.4) is 0 Å². The van der Waals surface area contributed by atoms with Crippen LogP contribution in [0.1, 0.15) is 24.7 Å². The Kier molecular flexibility index (Phi) is 5.75. The van der Waals surface area contributed by atoms with Crippen molar-refractivity contribution in [2.75, 3.05) is 18.4 Å². The fraction of sp³-hybridized carbons (Fsp3) is 0.208. The van der Waals surface area contributed by atoms with Crippen LogP contribution in [0.5, 0.6) is 0 Å². The van der Waals surface area contributed by atoms with E-state index in [1.165, 1.54) is 12.1 Å². The van der Waals surface area contributed by atoms with Crippen molar-refractivity contribution in [3.05, 3.63) is 78.4 Å². The molecule has 2 aromatic carbocycles. The lowest BCUT2D eigenvalue weighted by Crippen LogP contribution is -2.41. The molecular weight excluding hydrogens is 423 g/mol. The Balaban J connectivity index is 1.23. The molecule has 0 saturated carbocycles. The number of nitrogens with one attached hydrogen (secondary N) is 1. The fourth-order valence-corrected chi connectivity index (χ4v) is 3.83. The first-order valence-electron chi connectivity index (χ1n) is 10.7. The number of likely N-dealkylation sites (tertiary alicyclic amines) is 1. The van der Waals surface area contributed by atoms with E-state index in [4.69, 9.17) is 4.52 Å². The Labute approximate surface area is 189 Å². The summed E-state index contributed by atoms with van der Waals surface area (Å²) in [7, 11) is 0. The average Bonchev–Trinajstić information content (AvgIpc) is 3.36. The zero-order valence-electron chi connectivity index (χ0n) is 17.7. The van der Waals surface area contributed by atoms with E-state index in [-0.39, 0.29) is 17.8 Å². The molecule has 1 fully saturated rings. The van der Waals surface area contributed by atoms with Crippen LogP contribution in [-0.4, -0.2) is 44.4 Å². The van der Waals surface area contributed by atoms with E-state index in [1.54, 1.807) is 23.1 Å². The molecule has 2 amide bonds. The lowest BCUT2D eigenvalue weighted by atomic mass is 9.98. The van der Waals surface area contributed by atoms with Crippen LogP contribution < -0.4 is 5.32 Å². The summed E-state index contributed by atoms with van der Waals surface area (Å²) in [6.07, 6.45) is 1.64. The summed E-state index contributed by atoms with van der Waals surface area (Å²) in [6, 6.07) is 19.0. The lowest BCUT2D eigenvalue weighted by Gasteiger charge is -2.30. The molecule has 1 saturated heterocycles. The van der Waals surface area contributed by atoms with Gasteiger partial charge in [0.15, 0.2) is 5.82 Å². The summed E-state index contributed by atoms with van der Waals surface area (Å²) in [5.74, 6) is 0.867. The maximum absolute atomic E-state index is 13.2. The van der Waals surface area contributed by atoms with Crippen LogP contribution in [0.4, 0.5) is 15.0 Å². The van der Waals surface area contributed by atoms with Crippen LogP contribution in [0.2, 0.25) is 0 Å². The largest absolute Gasteiger partial charge is 0.339 e. The number of anilines is 1. The fourth-order valence-electron chi connectivity index (χ4n) is 3.83. The number of benzene rings is 2. The van der Waals surface area contributed by atoms with Gasteiger partial charge in [-0.05, 0) is 49.2 Å². The highest BCUT2D eigenvalue weighted by molar-refractivity contribution is 5.88. The smallest absolute Gasteiger partial charge is 0.323 e. The van der Waals surface area contributed by atoms with Gasteiger partial charge in [0.05, 0.1) is 11.6 Å². The molecule has 33 heavy (non-hydrogen) atoms. The molecule has 166 valence electrons. The third kappa shape index (κ3) is 4.72. The summed E-state index contributed by atoms with van der Waals surface area (Å²) in [6.45, 7) is 1.07. The van der Waals surface area contributed by atoms with Gasteiger partial charge in [-0.1, -0.05) is 35.5 Å². The quantitative estimate of drug-likeness (QED) is 0.488. The Bertz CT molecular complexity index is 1230. The van der Waals surface area contributed by atoms with Gasteiger partial charge in [-0.2, -0.15) is 4.98 Å². The third-order valence-electron chi connectivity index (χ3n) is 5.57. The molecule has 0 bridgehead atoms. The third-order valence-corrected chi connectivity index (χ3v) is 5.57. The van der Waals surface area contributed by atoms with Gasteiger partial charge >= 0.3 is 6.03 Å². The predicted octanol–water partition coefficient (Wildman–Crippen LogP) is 4.74. The van der Waals surface area contributed by atoms with Crippen molar-refractivity contribution in [3.8, 4) is 22.6 Å². The molecule has 8 nitrogen and oxygen atoms in total. The first-order valence-corrected chi connectivity index (χ1v) is 10.7. The molecule has 1 unspecified atom stereocenters. The van der Waals surface area contributed by atoms with Crippen molar-refractivity contribution in [1.82, 2.24) is 25.2 Å². The van der Waals surface area contributed by atoms with Gasteiger partial charge in [0.1, 0.15) is 5.82 Å². The van der Waals surface area contributed by atoms with Crippen LogP contribution in [0.25, 0.3) is 22.6 Å². The number of urea groups is 1. The molecule has 1 N–H and O–H groups in total. The van der Waals surface area contributed by atoms with Crippen molar-refractivity contribution in [2.45, 2.75) is 18.8 Å². The number of aromatic nitrogens is 4. The number of amides is 2. The number of piperidine rings is 1. The highest BCUT2D eigenvalue weighted by Gasteiger charge is 2.29. The zero-order chi connectivity index (χ0) is 22.6. The molecule has 9 heteroatoms. The molecule has 3 heterocycles. The van der Waals surface area contributed by atoms with Crippen molar-refractivity contribution in [2.24, 2.45) is 0 Å². The summed E-state index contributed by atoms with van der Waals surface area (Å²) < 4.78 is 18.6. The van der Waals surface area contributed by atoms with E-state index in [9.17, 15) is 9.18 Å². The van der Waals surface area contributed by atoms with Crippen LogP contribution in [0.15, 0.2) is 71.3 Å². The van der Waals surface area contributed by atoms with Crippen LogP contribution in [-0.2, 0) is 0 Å². The Morgan fingerprint density at radius 1 is 1.00 bits per heavy atom. The normalized spacial score (nSPS) is 15.9. The SMILES string of the molecule is O=C(Nc1ccc(-c2ccccc2)nn1)N1CCCC(c2nc(-c3ccc(F)cc3)no2)C1. The maximum Gasteiger partial charge on any atom is 0.323 e. The van der Waals surface area contributed by atoms with Crippen molar-refractivity contribution >= 4 is 11.8 Å². The first-order chi connectivity index (χ1) is 16.2. The highest BCUT2D eigenvalue weighted by Crippen LogP contribution is 2.28. The molecule has 0 radical (unpaired) electrons. The average molecular weight is 444 g/mol. The topological polar surface area (TPSA) is 97.0 Å². The minimum Gasteiger partial charge on any atom is -0.339 e. The molecule has 2 aromatic heterocycles. The predicted molar refractivity (Wildman–Crippen MR) is 120 cm³/mol. The number of carbonyl (C=O) groups is 1. The maximum atomic E-state index is 13.2. The van der Waals surface area contributed by atoms with Crippen LogP contribution in [0, 0.1) is 5.82 Å². The zero-order valence-corrected chi connectivity index (χ0v) is 17.7. The van der Waals surface area contributed by atoms with Crippen molar-refractivity contribution in [3.63, 3.8) is 0 Å². The minimum absolute atomic E-state index is 0.0715. The van der Waals surface area contributed by atoms with Gasteiger partial charge < -0.3 is 9.42 Å². The van der Waals surface area contributed by atoms with Gasteiger partial charge in [0.2, 0.25) is 11.7 Å². The van der Waals surface area contributed by atoms with E-state index in [0.29, 0.717) is 36.2 Å². The lowest BCUT2D eigenvalue weighted by molar-refractivity contribution is 0.184. The summed E-state index contributed by atoms with van der Waals surface area (Å²) in [5.41, 5.74) is 2.37. The second-order valence-electron chi connectivity index (χ2n) is 7.85. The number of nitrogens with zero attached hydrogens (tertiary/aromatic N) is 5. The molecule has 1 atom stereocenters. The molecular formula is C24H21FN6O2. The van der Waals surface area contributed by atoms with Gasteiger partial charge in [0.25, 0.3) is 0 Å². The van der Waals surface area contributed by atoms with E-state index >= 15 is 0 Å². The molecule has 5 rings (SSSR count). The number of halogens is 1. The molecule has 0 aliphatic carbocycles. The van der Waals surface area contributed by atoms with E-state index in [0.717, 1.165) is 24.1 Å². The van der Waals surface area contributed by atoms with Gasteiger partial charge in [-0.3, -0.25) is 5.32 Å². The summed E-state index contributed by atoms with van der Waals surface area (Å²) in [4.78, 5) is 19.0. The molecule has 1 aliphatic heterocycles. The van der Waals surface area contributed by atoms with Crippen molar-refractivity contribution < 1.29 is 13.7 Å². The first kappa shape index (κ1) is 20.7. The molecule has 0 spiro atoms. The monoisotopic (exact) mass is 444 g/mol. The summed E-state index contributed by atoms with van der Waals surface area (Å²) in [5, 5.41) is 15.2. The van der Waals surface area contributed by atoms with Gasteiger partial charge in [0, 0.05) is 24.2 Å². The number of carbonyl (C=O) groups excluding carboxylic acids is 1.